The van der Waals surface area contributed by atoms with E-state index in [9.17, 15) is 0 Å². The lowest BCUT2D eigenvalue weighted by Gasteiger charge is -2.21. The number of aromatic amines is 1. The van der Waals surface area contributed by atoms with Crippen LogP contribution in [0.15, 0.2) is 230 Å². The van der Waals surface area contributed by atoms with E-state index < -0.39 is 0 Å². The molecule has 1 aromatic heterocycles. The van der Waals surface area contributed by atoms with E-state index in [2.05, 4.69) is 261 Å². The molecule has 1 N–H and O–H groups in total. The highest BCUT2D eigenvalue weighted by atomic mass is 15.0. The molecule has 2 heterocycles. The van der Waals surface area contributed by atoms with Gasteiger partial charge in [-0.1, -0.05) is 182 Å². The molecule has 0 spiro atoms. The van der Waals surface area contributed by atoms with Crippen LogP contribution in [-0.2, 0) is 0 Å². The Bertz CT molecular complexity index is 3120. The summed E-state index contributed by atoms with van der Waals surface area (Å²) in [6.07, 6.45) is 2.42. The fraction of sp³-hybridized carbons (Fsp3) is 0.0656. The van der Waals surface area contributed by atoms with E-state index in [1.54, 1.807) is 0 Å². The molecule has 9 aromatic rings. The molecule has 0 aliphatic carbocycles. The van der Waals surface area contributed by atoms with Crippen molar-refractivity contribution in [2.24, 2.45) is 0 Å². The van der Waals surface area contributed by atoms with Gasteiger partial charge in [-0.05, 0) is 131 Å². The fourth-order valence-electron chi connectivity index (χ4n) is 9.53. The third-order valence-corrected chi connectivity index (χ3v) is 12.4. The van der Waals surface area contributed by atoms with Crippen molar-refractivity contribution in [3.05, 3.63) is 264 Å². The number of aromatic nitrogens is 1. The normalized spacial score (nSPS) is 13.2. The summed E-state index contributed by atoms with van der Waals surface area (Å²) in [5, 5.41) is 0. The minimum absolute atomic E-state index is 0.137. The molecule has 8 aromatic carbocycles. The average molecular weight is 822 g/mol. The van der Waals surface area contributed by atoms with Crippen molar-refractivity contribution in [2.45, 2.75) is 27.5 Å². The number of hydrogen-bond donors (Lipinski definition) is 1. The lowest BCUT2D eigenvalue weighted by Crippen LogP contribution is -2.28. The zero-order valence-electron chi connectivity index (χ0n) is 36.9. The highest BCUT2D eigenvalue weighted by Gasteiger charge is 2.40. The van der Waals surface area contributed by atoms with Crippen LogP contribution in [0.5, 0.6) is 0 Å². The van der Waals surface area contributed by atoms with E-state index in [0.29, 0.717) is 0 Å². The summed E-state index contributed by atoms with van der Waals surface area (Å²) in [6, 6.07) is 79.1. The molecule has 3 heteroatoms. The highest BCUT2D eigenvalue weighted by Crippen LogP contribution is 2.46. The molecule has 0 radical (unpaired) electrons. The molecule has 2 nitrogen and oxygen atoms in total. The highest BCUT2D eigenvalue weighted by molar-refractivity contribution is 6.49. The molecule has 306 valence electrons. The van der Waals surface area contributed by atoms with Crippen molar-refractivity contribution >= 4 is 23.7 Å². The molecule has 0 saturated heterocycles. The van der Waals surface area contributed by atoms with Crippen molar-refractivity contribution in [3.63, 3.8) is 0 Å². The van der Waals surface area contributed by atoms with E-state index in [1.807, 2.05) is 0 Å². The van der Waals surface area contributed by atoms with Crippen molar-refractivity contribution in [1.82, 2.24) is 4.98 Å². The van der Waals surface area contributed by atoms with Gasteiger partial charge in [-0.2, -0.15) is 0 Å². The third kappa shape index (κ3) is 7.82. The number of rotatable bonds is 10. The first-order valence-corrected chi connectivity index (χ1v) is 22.4. The van der Waals surface area contributed by atoms with E-state index in [0.717, 1.165) is 22.5 Å². The minimum Gasteiger partial charge on any atom is -0.354 e. The summed E-state index contributed by atoms with van der Waals surface area (Å²) < 4.78 is 2.58. The van der Waals surface area contributed by atoms with Crippen LogP contribution in [0.25, 0.3) is 66.9 Å². The lowest BCUT2D eigenvalue weighted by molar-refractivity contribution is -0.314. The number of hydrogen-bond acceptors (Lipinski definition) is 0. The predicted octanol–water partition coefficient (Wildman–Crippen LogP) is 15.6. The monoisotopic (exact) mass is 821 g/mol. The Morgan fingerprint density at radius 3 is 1.27 bits per heavy atom. The number of benzene rings is 8. The molecule has 0 bridgehead atoms. The quantitative estimate of drug-likeness (QED) is 0.133. The van der Waals surface area contributed by atoms with Crippen molar-refractivity contribution in [1.29, 1.82) is 0 Å². The Morgan fingerprint density at radius 1 is 0.406 bits per heavy atom. The molecule has 64 heavy (non-hydrogen) atoms. The summed E-state index contributed by atoms with van der Waals surface area (Å²) >= 11 is 0. The van der Waals surface area contributed by atoms with Gasteiger partial charge in [0.25, 0.3) is 0 Å². The Labute approximate surface area is 378 Å². The maximum atomic E-state index is 4.09. The van der Waals surface area contributed by atoms with Crippen LogP contribution >= 0.6 is 0 Å². The summed E-state index contributed by atoms with van der Waals surface area (Å²) in [4.78, 5) is 4.09. The van der Waals surface area contributed by atoms with Crippen molar-refractivity contribution < 1.29 is 4.49 Å². The second kappa shape index (κ2) is 17.6. The Kier molecular flexibility index (Phi) is 11.1. The summed E-state index contributed by atoms with van der Waals surface area (Å²) in [5.41, 5.74) is 23.6. The largest absolute Gasteiger partial charge is 0.483 e. The summed E-state index contributed by atoms with van der Waals surface area (Å²) in [5.74, 6) is 0. The van der Waals surface area contributed by atoms with Gasteiger partial charge in [0.2, 0.25) is 0 Å². The molecule has 0 atom stereocenters. The minimum atomic E-state index is 0.137. The number of H-pyrrole nitrogens is 1. The van der Waals surface area contributed by atoms with Gasteiger partial charge in [-0.25, -0.2) is 0 Å². The van der Waals surface area contributed by atoms with Gasteiger partial charge in [0.05, 0.1) is 16.8 Å². The summed E-state index contributed by atoms with van der Waals surface area (Å²) in [7, 11) is 0. The number of nitrogens with zero attached hydrogens (tertiary/aromatic N) is 1. The molecule has 1 aliphatic rings. The van der Waals surface area contributed by atoms with Crippen LogP contribution in [0.1, 0.15) is 33.5 Å². The smallest absolute Gasteiger partial charge is 0.354 e. The Hall–Kier alpha value is -7.75. The molecule has 0 saturated carbocycles. The standard InChI is InChI=1S/C61H49BN2/c1-42-35-50(53-38-51(44-23-11-5-12-24-44)37-52(39-53)45-25-13-6-14-26-45)36-43(2)58(42)59(60-54(46-27-15-7-16-28-46)40-56(63-60)48-31-19-9-20-32-48)61-55(47-29-17-8-18-30-47)41-57(64(61)62(3)4)49-33-21-10-22-34-49/h5-41H,1-4H3/p+1. The van der Waals surface area contributed by atoms with E-state index in [-0.39, 0.29) is 6.85 Å². The summed E-state index contributed by atoms with van der Waals surface area (Å²) in [6.45, 7) is 9.38. The Morgan fingerprint density at radius 2 is 0.797 bits per heavy atom. The maximum Gasteiger partial charge on any atom is 0.483 e. The second-order valence-corrected chi connectivity index (χ2v) is 17.1. The van der Waals surface area contributed by atoms with Gasteiger partial charge in [0, 0.05) is 22.9 Å². The van der Waals surface area contributed by atoms with Crippen molar-refractivity contribution in [3.8, 4) is 55.8 Å². The van der Waals surface area contributed by atoms with Crippen LogP contribution in [0.2, 0.25) is 13.6 Å². The zero-order chi connectivity index (χ0) is 43.6. The van der Waals surface area contributed by atoms with Gasteiger partial charge in [0.1, 0.15) is 0 Å². The number of allylic oxidation sites excluding steroid dienone is 2. The molecular weight excluding hydrogens is 771 g/mol. The van der Waals surface area contributed by atoms with Crippen LogP contribution in [0.3, 0.4) is 0 Å². The van der Waals surface area contributed by atoms with Crippen molar-refractivity contribution in [2.75, 3.05) is 0 Å². The average Bonchev–Trinajstić information content (AvgIpc) is 3.98. The van der Waals surface area contributed by atoms with Crippen LogP contribution < -0.4 is 0 Å². The number of nitrogens with one attached hydrogen (secondary N) is 1. The third-order valence-electron chi connectivity index (χ3n) is 12.4. The first kappa shape index (κ1) is 40.3. The number of aryl methyl sites for hydroxylation is 2. The first-order chi connectivity index (χ1) is 31.4. The van der Waals surface area contributed by atoms with Gasteiger partial charge in [-0.15, -0.1) is 0 Å². The molecule has 10 rings (SSSR count). The van der Waals surface area contributed by atoms with Crippen LogP contribution in [-0.4, -0.2) is 22.0 Å². The Balaban J connectivity index is 1.29. The van der Waals surface area contributed by atoms with Crippen LogP contribution in [0.4, 0.5) is 0 Å². The topological polar surface area (TPSA) is 18.8 Å². The van der Waals surface area contributed by atoms with Gasteiger partial charge >= 0.3 is 6.85 Å². The van der Waals surface area contributed by atoms with E-state index in [1.165, 1.54) is 89.3 Å². The molecule has 0 unspecified atom stereocenters. The van der Waals surface area contributed by atoms with Gasteiger partial charge in [-0.3, -0.25) is 4.49 Å². The first-order valence-electron chi connectivity index (χ1n) is 22.4. The second-order valence-electron chi connectivity index (χ2n) is 17.1. The van der Waals surface area contributed by atoms with Gasteiger partial charge in [0.15, 0.2) is 11.4 Å². The van der Waals surface area contributed by atoms with E-state index >= 15 is 0 Å². The molecular formula is C61H50BN2+. The predicted molar refractivity (Wildman–Crippen MR) is 273 cm³/mol. The lowest BCUT2D eigenvalue weighted by atomic mass is 9.66. The van der Waals surface area contributed by atoms with Crippen LogP contribution in [0, 0.1) is 13.8 Å². The SMILES string of the molecule is CB(C)[N+]1=C(c2ccccc2)C=C(c2ccccc2)/C1=C(/c1[nH]c(-c2ccccc2)cc1-c1ccccc1)c1c(C)cc(-c2cc(-c3ccccc3)cc(-c3ccccc3)c2)cc1C. The fourth-order valence-corrected chi connectivity index (χ4v) is 9.53. The molecule has 0 fully saturated rings. The zero-order valence-corrected chi connectivity index (χ0v) is 36.9. The van der Waals surface area contributed by atoms with E-state index in [4.69, 9.17) is 0 Å². The molecule has 1 aliphatic heterocycles. The molecule has 0 amide bonds. The van der Waals surface area contributed by atoms with Gasteiger partial charge < -0.3 is 4.98 Å². The maximum absolute atomic E-state index is 4.09.